The van der Waals surface area contributed by atoms with Gasteiger partial charge in [-0.1, -0.05) is 52.7 Å². The van der Waals surface area contributed by atoms with E-state index in [9.17, 15) is 18.0 Å². The van der Waals surface area contributed by atoms with Crippen molar-refractivity contribution in [2.45, 2.75) is 46.7 Å². The summed E-state index contributed by atoms with van der Waals surface area (Å²) in [7, 11) is -3.75. The van der Waals surface area contributed by atoms with Crippen LogP contribution in [0.15, 0.2) is 46.9 Å². The van der Waals surface area contributed by atoms with Crippen LogP contribution in [0, 0.1) is 13.8 Å². The van der Waals surface area contributed by atoms with Gasteiger partial charge in [0, 0.05) is 17.6 Å². The summed E-state index contributed by atoms with van der Waals surface area (Å²) in [5.41, 5.74) is 3.14. The second-order valence-corrected chi connectivity index (χ2v) is 10.9. The highest BCUT2D eigenvalue weighted by Crippen LogP contribution is 2.25. The third kappa shape index (κ3) is 7.57. The van der Waals surface area contributed by atoms with Gasteiger partial charge in [0.25, 0.3) is 0 Å². The van der Waals surface area contributed by atoms with Crippen LogP contribution in [0.3, 0.4) is 0 Å². The zero-order valence-electron chi connectivity index (χ0n) is 19.8. The van der Waals surface area contributed by atoms with E-state index >= 15 is 0 Å². The Morgan fingerprint density at radius 3 is 2.39 bits per heavy atom. The number of carbonyl (C=O) groups is 2. The van der Waals surface area contributed by atoms with Gasteiger partial charge in [0.1, 0.15) is 12.6 Å². The Hall–Kier alpha value is -2.39. The molecule has 7 nitrogen and oxygen atoms in total. The average Bonchev–Trinajstić information content (AvgIpc) is 2.74. The summed E-state index contributed by atoms with van der Waals surface area (Å²) < 4.78 is 27.1. The molecule has 0 spiro atoms. The summed E-state index contributed by atoms with van der Waals surface area (Å²) in [6.45, 7) is 7.70. The monoisotopic (exact) mass is 537 g/mol. The van der Waals surface area contributed by atoms with Gasteiger partial charge in [0.2, 0.25) is 21.8 Å². The van der Waals surface area contributed by atoms with Crippen molar-refractivity contribution < 1.29 is 18.0 Å². The van der Waals surface area contributed by atoms with E-state index in [2.05, 4.69) is 21.2 Å². The third-order valence-electron chi connectivity index (χ3n) is 5.26. The molecule has 0 aliphatic heterocycles. The maximum absolute atomic E-state index is 13.5. The minimum Gasteiger partial charge on any atom is -0.354 e. The number of rotatable bonds is 10. The SMILES string of the molecule is CCCNC(=O)[C@@H](C)N(Cc1cccc(C)c1)C(=O)CN(c1ccc(Br)c(C)c1)S(C)(=O)=O. The van der Waals surface area contributed by atoms with E-state index in [1.54, 1.807) is 25.1 Å². The molecule has 0 radical (unpaired) electrons. The maximum Gasteiger partial charge on any atom is 0.244 e. The molecule has 0 aromatic heterocycles. The summed E-state index contributed by atoms with van der Waals surface area (Å²) in [4.78, 5) is 27.6. The molecule has 1 N–H and O–H groups in total. The van der Waals surface area contributed by atoms with Crippen LogP contribution in [0.1, 0.15) is 37.0 Å². The highest BCUT2D eigenvalue weighted by atomic mass is 79.9. The molecule has 2 amide bonds. The lowest BCUT2D eigenvalue weighted by Crippen LogP contribution is -2.51. The highest BCUT2D eigenvalue weighted by Gasteiger charge is 2.30. The number of anilines is 1. The molecule has 0 saturated heterocycles. The van der Waals surface area contributed by atoms with Crippen molar-refractivity contribution in [1.29, 1.82) is 0 Å². The van der Waals surface area contributed by atoms with Gasteiger partial charge in [-0.2, -0.15) is 0 Å². The Morgan fingerprint density at radius 1 is 1.12 bits per heavy atom. The number of nitrogens with zero attached hydrogens (tertiary/aromatic N) is 2. The number of hydrogen-bond acceptors (Lipinski definition) is 4. The van der Waals surface area contributed by atoms with Crippen molar-refractivity contribution in [1.82, 2.24) is 10.2 Å². The Bertz CT molecular complexity index is 1100. The van der Waals surface area contributed by atoms with Crippen LogP contribution in [0.5, 0.6) is 0 Å². The van der Waals surface area contributed by atoms with Crippen LogP contribution >= 0.6 is 15.9 Å². The number of aryl methyl sites for hydroxylation is 2. The third-order valence-corrected chi connectivity index (χ3v) is 7.29. The molecule has 0 saturated carbocycles. The molecule has 180 valence electrons. The number of amides is 2. The molecule has 0 aliphatic rings. The number of hydrogen-bond donors (Lipinski definition) is 1. The predicted octanol–water partition coefficient (Wildman–Crippen LogP) is 3.78. The van der Waals surface area contributed by atoms with Gasteiger partial charge in [0.15, 0.2) is 0 Å². The molecular weight excluding hydrogens is 506 g/mol. The van der Waals surface area contributed by atoms with Crippen molar-refractivity contribution in [3.05, 3.63) is 63.6 Å². The van der Waals surface area contributed by atoms with Gasteiger partial charge in [0.05, 0.1) is 11.9 Å². The van der Waals surface area contributed by atoms with Gasteiger partial charge < -0.3 is 10.2 Å². The van der Waals surface area contributed by atoms with Crippen molar-refractivity contribution in [3.8, 4) is 0 Å². The zero-order valence-corrected chi connectivity index (χ0v) is 22.2. The van der Waals surface area contributed by atoms with Crippen LogP contribution in [-0.4, -0.2) is 50.5 Å². The van der Waals surface area contributed by atoms with Gasteiger partial charge in [-0.15, -0.1) is 0 Å². The lowest BCUT2D eigenvalue weighted by atomic mass is 10.1. The molecule has 1 atom stereocenters. The van der Waals surface area contributed by atoms with Crippen molar-refractivity contribution in [2.24, 2.45) is 0 Å². The number of halogens is 1. The minimum atomic E-state index is -3.75. The van der Waals surface area contributed by atoms with Crippen LogP contribution in [0.25, 0.3) is 0 Å². The van der Waals surface area contributed by atoms with Crippen molar-refractivity contribution in [2.75, 3.05) is 23.7 Å². The standard InChI is InChI=1S/C24H32BrN3O4S/c1-6-12-26-24(30)19(4)27(15-20-9-7-8-17(2)13-20)23(29)16-28(33(5,31)32)21-10-11-22(25)18(3)14-21/h7-11,13-14,19H,6,12,15-16H2,1-5H3,(H,26,30)/t19-/m1/s1. The minimum absolute atomic E-state index is 0.193. The summed E-state index contributed by atoms with van der Waals surface area (Å²) >= 11 is 3.41. The fourth-order valence-corrected chi connectivity index (χ4v) is 4.47. The molecule has 2 aromatic carbocycles. The molecule has 9 heteroatoms. The molecule has 0 heterocycles. The second-order valence-electron chi connectivity index (χ2n) is 8.18. The summed E-state index contributed by atoms with van der Waals surface area (Å²) in [5.74, 6) is -0.732. The van der Waals surface area contributed by atoms with Crippen LogP contribution in [0.2, 0.25) is 0 Å². The molecule has 0 aliphatic carbocycles. The van der Waals surface area contributed by atoms with Gasteiger partial charge in [-0.3, -0.25) is 13.9 Å². The molecular formula is C24H32BrN3O4S. The normalized spacial score (nSPS) is 12.2. The summed E-state index contributed by atoms with van der Waals surface area (Å²) in [6.07, 6.45) is 1.84. The first kappa shape index (κ1) is 26.9. The predicted molar refractivity (Wildman–Crippen MR) is 136 cm³/mol. The lowest BCUT2D eigenvalue weighted by Gasteiger charge is -2.31. The molecule has 33 heavy (non-hydrogen) atoms. The number of carbonyl (C=O) groups excluding carboxylic acids is 2. The van der Waals surface area contributed by atoms with Crippen LogP contribution in [-0.2, 0) is 26.2 Å². The van der Waals surface area contributed by atoms with Gasteiger partial charge >= 0.3 is 0 Å². The van der Waals surface area contributed by atoms with E-state index in [0.717, 1.165) is 38.1 Å². The second kappa shape index (κ2) is 11.7. The van der Waals surface area contributed by atoms with E-state index in [1.165, 1.54) is 4.90 Å². The molecule has 0 bridgehead atoms. The Morgan fingerprint density at radius 2 is 1.82 bits per heavy atom. The molecule has 2 rings (SSSR count). The fraction of sp³-hybridized carbons (Fsp3) is 0.417. The van der Waals surface area contributed by atoms with Crippen molar-refractivity contribution >= 4 is 43.5 Å². The summed E-state index contributed by atoms with van der Waals surface area (Å²) in [5, 5.41) is 2.82. The van der Waals surface area contributed by atoms with Crippen molar-refractivity contribution in [3.63, 3.8) is 0 Å². The van der Waals surface area contributed by atoms with E-state index in [-0.39, 0.29) is 12.5 Å². The quantitative estimate of drug-likeness (QED) is 0.499. The number of benzene rings is 2. The Labute approximate surface area is 205 Å². The smallest absolute Gasteiger partial charge is 0.244 e. The molecule has 0 fully saturated rings. The first-order chi connectivity index (χ1) is 15.4. The lowest BCUT2D eigenvalue weighted by molar-refractivity contribution is -0.139. The Kier molecular flexibility index (Phi) is 9.48. The first-order valence-electron chi connectivity index (χ1n) is 10.8. The van der Waals surface area contributed by atoms with E-state index < -0.39 is 28.5 Å². The van der Waals surface area contributed by atoms with E-state index in [0.29, 0.717) is 12.2 Å². The maximum atomic E-state index is 13.5. The Balaban J connectivity index is 2.39. The average molecular weight is 539 g/mol. The summed E-state index contributed by atoms with van der Waals surface area (Å²) in [6, 6.07) is 12.0. The van der Waals surface area contributed by atoms with Crippen LogP contribution < -0.4 is 9.62 Å². The van der Waals surface area contributed by atoms with E-state index in [4.69, 9.17) is 0 Å². The van der Waals surface area contributed by atoms with Gasteiger partial charge in [-0.25, -0.2) is 8.42 Å². The number of nitrogens with one attached hydrogen (secondary N) is 1. The molecule has 0 unspecified atom stereocenters. The van der Waals surface area contributed by atoms with E-state index in [1.807, 2.05) is 45.0 Å². The first-order valence-corrected chi connectivity index (χ1v) is 13.4. The number of sulfonamides is 1. The highest BCUT2D eigenvalue weighted by molar-refractivity contribution is 9.10. The molecule has 2 aromatic rings. The largest absolute Gasteiger partial charge is 0.354 e. The fourth-order valence-electron chi connectivity index (χ4n) is 3.38. The zero-order chi connectivity index (χ0) is 24.8. The topological polar surface area (TPSA) is 86.8 Å². The van der Waals surface area contributed by atoms with Gasteiger partial charge in [-0.05, 0) is 56.5 Å². The van der Waals surface area contributed by atoms with Crippen LogP contribution in [0.4, 0.5) is 5.69 Å².